The fraction of sp³-hybridized carbons (Fsp3) is 0.318. The number of nitrogens with zero attached hydrogens (tertiary/aromatic N) is 2. The van der Waals surface area contributed by atoms with Crippen LogP contribution in [0.3, 0.4) is 0 Å². The van der Waals surface area contributed by atoms with E-state index in [0.717, 1.165) is 44.2 Å². The van der Waals surface area contributed by atoms with Crippen molar-refractivity contribution in [2.24, 2.45) is 0 Å². The van der Waals surface area contributed by atoms with E-state index in [0.29, 0.717) is 0 Å². The van der Waals surface area contributed by atoms with Crippen LogP contribution in [0.4, 0.5) is 5.69 Å². The summed E-state index contributed by atoms with van der Waals surface area (Å²) in [6, 6.07) is 12.3. The lowest BCUT2D eigenvalue weighted by atomic mass is 9.88. The van der Waals surface area contributed by atoms with Crippen molar-refractivity contribution in [2.45, 2.75) is 26.3 Å². The summed E-state index contributed by atoms with van der Waals surface area (Å²) in [4.78, 5) is 3.58. The number of methoxy groups -OCH3 is 2. The van der Waals surface area contributed by atoms with Crippen LogP contribution in [0.25, 0.3) is 16.8 Å². The molecule has 1 aliphatic rings. The molecule has 0 saturated carbocycles. The van der Waals surface area contributed by atoms with E-state index in [2.05, 4.69) is 54.9 Å². The van der Waals surface area contributed by atoms with E-state index >= 15 is 0 Å². The predicted octanol–water partition coefficient (Wildman–Crippen LogP) is 5.95. The van der Waals surface area contributed by atoms with Crippen molar-refractivity contribution in [1.82, 2.24) is 3.96 Å². The Morgan fingerprint density at radius 2 is 1.61 bits per heavy atom. The Hall–Kier alpha value is -2.31. The molecule has 0 fully saturated rings. The van der Waals surface area contributed by atoms with Crippen LogP contribution in [-0.2, 0) is 5.54 Å². The summed E-state index contributed by atoms with van der Waals surface area (Å²) in [5.41, 5.74) is 5.49. The highest BCUT2D eigenvalue weighted by molar-refractivity contribution is 7.71. The zero-order chi connectivity index (χ0) is 20.2. The van der Waals surface area contributed by atoms with Crippen molar-refractivity contribution in [2.75, 3.05) is 26.2 Å². The van der Waals surface area contributed by atoms with Crippen LogP contribution in [0.1, 0.15) is 24.3 Å². The molecule has 0 bridgehead atoms. The summed E-state index contributed by atoms with van der Waals surface area (Å²) in [5, 5.41) is 0. The molecular formula is C22H24N2O2S2. The number of anilines is 1. The number of aryl methyl sites for hydroxylation is 1. The molecule has 4 nitrogen and oxygen atoms in total. The maximum atomic E-state index is 5.99. The normalized spacial score (nSPS) is 14.4. The number of hydrogen-bond donors (Lipinski definition) is 0. The summed E-state index contributed by atoms with van der Waals surface area (Å²) < 4.78 is 13.8. The van der Waals surface area contributed by atoms with Crippen molar-refractivity contribution in [3.8, 4) is 28.3 Å². The lowest BCUT2D eigenvalue weighted by Gasteiger charge is -2.42. The number of ether oxygens (including phenoxy) is 2. The van der Waals surface area contributed by atoms with Crippen LogP contribution < -0.4 is 14.4 Å². The van der Waals surface area contributed by atoms with Crippen molar-refractivity contribution >= 4 is 29.4 Å². The van der Waals surface area contributed by atoms with E-state index in [4.69, 9.17) is 21.7 Å². The first-order valence-corrected chi connectivity index (χ1v) is 10.3. The first-order valence-electron chi connectivity index (χ1n) is 9.13. The van der Waals surface area contributed by atoms with Gasteiger partial charge in [-0.1, -0.05) is 23.8 Å². The van der Waals surface area contributed by atoms with Gasteiger partial charge in [-0.25, -0.2) is 0 Å². The molecule has 2 heterocycles. The van der Waals surface area contributed by atoms with Gasteiger partial charge in [0.05, 0.1) is 30.3 Å². The number of hydrogen-bond acceptors (Lipinski definition) is 5. The first-order chi connectivity index (χ1) is 13.3. The van der Waals surface area contributed by atoms with Gasteiger partial charge in [0.1, 0.15) is 16.1 Å². The molecule has 0 atom stereocenters. The average molecular weight is 413 g/mol. The number of aromatic nitrogens is 1. The van der Waals surface area contributed by atoms with Crippen molar-refractivity contribution in [3.63, 3.8) is 0 Å². The fourth-order valence-electron chi connectivity index (χ4n) is 3.75. The van der Waals surface area contributed by atoms with Gasteiger partial charge in [0.2, 0.25) is 0 Å². The quantitative estimate of drug-likeness (QED) is 0.497. The zero-order valence-corrected chi connectivity index (χ0v) is 18.6. The van der Waals surface area contributed by atoms with E-state index in [1.807, 2.05) is 18.2 Å². The van der Waals surface area contributed by atoms with E-state index in [-0.39, 0.29) is 5.54 Å². The van der Waals surface area contributed by atoms with Gasteiger partial charge in [-0.05, 0) is 56.7 Å². The SMILES string of the molecule is COc1ccc(-n2sc3c(c2=S)-c2ccc(OC)cc2N(C)C3(C)C)c(C)c1. The molecule has 2 aromatic carbocycles. The third kappa shape index (κ3) is 2.66. The van der Waals surface area contributed by atoms with Crippen molar-refractivity contribution in [3.05, 3.63) is 51.5 Å². The maximum absolute atomic E-state index is 5.99. The molecule has 146 valence electrons. The molecule has 4 rings (SSSR count). The third-order valence-electron chi connectivity index (χ3n) is 5.66. The van der Waals surface area contributed by atoms with Gasteiger partial charge in [-0.3, -0.25) is 3.96 Å². The van der Waals surface area contributed by atoms with E-state index < -0.39 is 0 Å². The van der Waals surface area contributed by atoms with Crippen molar-refractivity contribution < 1.29 is 9.47 Å². The minimum absolute atomic E-state index is 0.182. The molecule has 0 aliphatic carbocycles. The van der Waals surface area contributed by atoms with Crippen LogP contribution in [0.2, 0.25) is 0 Å². The molecule has 1 aliphatic heterocycles. The molecular weight excluding hydrogens is 388 g/mol. The van der Waals surface area contributed by atoms with Gasteiger partial charge in [0.15, 0.2) is 0 Å². The molecule has 0 N–H and O–H groups in total. The first kappa shape index (κ1) is 19.0. The molecule has 0 radical (unpaired) electrons. The molecule has 0 unspecified atom stereocenters. The average Bonchev–Trinajstić information content (AvgIpc) is 3.04. The summed E-state index contributed by atoms with van der Waals surface area (Å²) in [7, 11) is 5.52. The molecule has 0 amide bonds. The fourth-order valence-corrected chi connectivity index (χ4v) is 5.56. The minimum atomic E-state index is -0.182. The van der Waals surface area contributed by atoms with Crippen LogP contribution in [-0.4, -0.2) is 25.2 Å². The Labute approximate surface area is 175 Å². The second-order valence-corrected chi connectivity index (χ2v) is 8.89. The Morgan fingerprint density at radius 1 is 0.964 bits per heavy atom. The second-order valence-electron chi connectivity index (χ2n) is 7.55. The summed E-state index contributed by atoms with van der Waals surface area (Å²) in [6.07, 6.45) is 0. The Kier molecular flexibility index (Phi) is 4.51. The summed E-state index contributed by atoms with van der Waals surface area (Å²) >= 11 is 7.71. The van der Waals surface area contributed by atoms with Crippen molar-refractivity contribution in [1.29, 1.82) is 0 Å². The van der Waals surface area contributed by atoms with Crippen LogP contribution in [0.15, 0.2) is 36.4 Å². The zero-order valence-electron chi connectivity index (χ0n) is 17.0. The number of benzene rings is 2. The topological polar surface area (TPSA) is 26.6 Å². The Bertz CT molecular complexity index is 1130. The van der Waals surface area contributed by atoms with Crippen LogP contribution >= 0.6 is 23.8 Å². The lowest BCUT2D eigenvalue weighted by molar-refractivity contribution is 0.414. The molecule has 0 saturated heterocycles. The molecule has 0 spiro atoms. The summed E-state index contributed by atoms with van der Waals surface area (Å²) in [6.45, 7) is 6.57. The Morgan fingerprint density at radius 3 is 2.25 bits per heavy atom. The van der Waals surface area contributed by atoms with Gasteiger partial charge in [-0.2, -0.15) is 0 Å². The maximum Gasteiger partial charge on any atom is 0.129 e. The van der Waals surface area contributed by atoms with E-state index in [1.54, 1.807) is 25.8 Å². The molecule has 28 heavy (non-hydrogen) atoms. The highest BCUT2D eigenvalue weighted by Gasteiger charge is 2.39. The van der Waals surface area contributed by atoms with Crippen LogP contribution in [0, 0.1) is 11.6 Å². The van der Waals surface area contributed by atoms with E-state index in [1.165, 1.54) is 4.88 Å². The molecule has 1 aromatic heterocycles. The van der Waals surface area contributed by atoms with Gasteiger partial charge in [0, 0.05) is 29.9 Å². The van der Waals surface area contributed by atoms with E-state index in [9.17, 15) is 0 Å². The molecule has 3 aromatic rings. The largest absolute Gasteiger partial charge is 0.497 e. The highest BCUT2D eigenvalue weighted by Crippen LogP contribution is 2.51. The van der Waals surface area contributed by atoms with Gasteiger partial charge < -0.3 is 14.4 Å². The number of rotatable bonds is 3. The highest BCUT2D eigenvalue weighted by atomic mass is 32.1. The third-order valence-corrected chi connectivity index (χ3v) is 7.61. The van der Waals surface area contributed by atoms with Crippen LogP contribution in [0.5, 0.6) is 11.5 Å². The number of fused-ring (bicyclic) bond motifs is 3. The molecule has 6 heteroatoms. The predicted molar refractivity (Wildman–Crippen MR) is 119 cm³/mol. The van der Waals surface area contributed by atoms with Gasteiger partial charge in [-0.15, -0.1) is 0 Å². The standard InChI is InChI=1S/C22H24N2O2S2/c1-13-11-14(25-5)8-10-17(13)24-21(27)19-16-9-7-15(26-6)12-18(16)23(4)22(2,3)20(19)28-24/h7-12H,1-6H3. The second kappa shape index (κ2) is 6.64. The minimum Gasteiger partial charge on any atom is -0.497 e. The summed E-state index contributed by atoms with van der Waals surface area (Å²) in [5.74, 6) is 1.71. The smallest absolute Gasteiger partial charge is 0.129 e. The van der Waals surface area contributed by atoms with Gasteiger partial charge >= 0.3 is 0 Å². The van der Waals surface area contributed by atoms with Gasteiger partial charge in [0.25, 0.3) is 0 Å². The lowest BCUT2D eigenvalue weighted by Crippen LogP contribution is -2.40. The monoisotopic (exact) mass is 412 g/mol. The Balaban J connectivity index is 1.99.